The summed E-state index contributed by atoms with van der Waals surface area (Å²) in [5.74, 6) is 0. The lowest BCUT2D eigenvalue weighted by Gasteiger charge is -2.40. The zero-order valence-electron chi connectivity index (χ0n) is 16.3. The minimum absolute atomic E-state index is 0.433. The monoisotopic (exact) mass is 394 g/mol. The van der Waals surface area contributed by atoms with E-state index in [-0.39, 0.29) is 0 Å². The Bertz CT molecular complexity index is 923. The van der Waals surface area contributed by atoms with Crippen LogP contribution in [0.1, 0.15) is 28.4 Å². The minimum atomic E-state index is -1.38. The highest BCUT2D eigenvalue weighted by Gasteiger charge is 2.44. The standard InChI is InChI=1S/C24H26O5/c1-14-7-8-15(9-16-10-17-5-3-2-4-6-18(17)11-16)12-19(14)24-23(28)22(27)21(26)20(13-25)29-24/h2-8,10-12,20-28H,9,13H2,1H3/t20-,21-,22+,23-,24+/m1/s1. The summed E-state index contributed by atoms with van der Waals surface area (Å²) < 4.78 is 5.75. The first-order chi connectivity index (χ1) is 14.0. The molecule has 0 saturated carbocycles. The lowest BCUT2D eigenvalue weighted by molar-refractivity contribution is -0.231. The van der Waals surface area contributed by atoms with Crippen LogP contribution in [0.15, 0.2) is 60.7 Å². The van der Waals surface area contributed by atoms with Crippen molar-refractivity contribution in [3.05, 3.63) is 82.9 Å². The summed E-state index contributed by atoms with van der Waals surface area (Å²) in [5.41, 5.74) is 6.29. The lowest BCUT2D eigenvalue weighted by atomic mass is 9.88. The van der Waals surface area contributed by atoms with Crippen molar-refractivity contribution in [3.8, 4) is 11.1 Å². The van der Waals surface area contributed by atoms with Crippen molar-refractivity contribution < 1.29 is 25.2 Å². The Balaban J connectivity index is 1.63. The van der Waals surface area contributed by atoms with Gasteiger partial charge in [-0.15, -0.1) is 0 Å². The third kappa shape index (κ3) is 3.92. The van der Waals surface area contributed by atoms with Crippen LogP contribution in [0, 0.1) is 6.92 Å². The molecule has 5 atom stereocenters. The van der Waals surface area contributed by atoms with Crippen LogP contribution in [0.25, 0.3) is 11.1 Å². The molecule has 1 saturated heterocycles. The van der Waals surface area contributed by atoms with Crippen molar-refractivity contribution in [3.63, 3.8) is 0 Å². The maximum absolute atomic E-state index is 10.5. The molecule has 3 aliphatic rings. The molecule has 1 heterocycles. The Morgan fingerprint density at radius 1 is 0.793 bits per heavy atom. The highest BCUT2D eigenvalue weighted by molar-refractivity contribution is 5.68. The first-order valence-electron chi connectivity index (χ1n) is 9.85. The molecule has 0 radical (unpaired) electrons. The second-order valence-electron chi connectivity index (χ2n) is 7.80. The molecule has 29 heavy (non-hydrogen) atoms. The summed E-state index contributed by atoms with van der Waals surface area (Å²) >= 11 is 0. The first kappa shape index (κ1) is 20.0. The quantitative estimate of drug-likeness (QED) is 0.545. The zero-order valence-corrected chi connectivity index (χ0v) is 16.3. The summed E-state index contributed by atoms with van der Waals surface area (Å²) in [6.07, 6.45) is -5.01. The van der Waals surface area contributed by atoms with E-state index in [0.29, 0.717) is 0 Å². The van der Waals surface area contributed by atoms with Crippen LogP contribution in [0.3, 0.4) is 0 Å². The summed E-state index contributed by atoms with van der Waals surface area (Å²) in [4.78, 5) is 0. The predicted molar refractivity (Wildman–Crippen MR) is 110 cm³/mol. The highest BCUT2D eigenvalue weighted by atomic mass is 16.5. The second-order valence-corrected chi connectivity index (χ2v) is 7.80. The number of aliphatic hydroxyl groups is 4. The molecule has 0 bridgehead atoms. The molecule has 0 unspecified atom stereocenters. The lowest BCUT2D eigenvalue weighted by Crippen LogP contribution is -2.55. The van der Waals surface area contributed by atoms with Crippen LogP contribution in [0.2, 0.25) is 0 Å². The van der Waals surface area contributed by atoms with Gasteiger partial charge in [-0.2, -0.15) is 0 Å². The van der Waals surface area contributed by atoms with Crippen molar-refractivity contribution in [2.24, 2.45) is 0 Å². The largest absolute Gasteiger partial charge is 0.394 e. The van der Waals surface area contributed by atoms with E-state index in [1.54, 1.807) is 0 Å². The van der Waals surface area contributed by atoms with E-state index in [0.717, 1.165) is 23.1 Å². The topological polar surface area (TPSA) is 90.2 Å². The predicted octanol–water partition coefficient (Wildman–Crippen LogP) is 2.21. The molecule has 4 rings (SSSR count). The number of rotatable bonds is 4. The molecule has 5 nitrogen and oxygen atoms in total. The molecular weight excluding hydrogens is 368 g/mol. The normalized spacial score (nSPS) is 27.3. The third-order valence-corrected chi connectivity index (χ3v) is 5.74. The Labute approximate surface area is 170 Å². The van der Waals surface area contributed by atoms with Gasteiger partial charge in [0.25, 0.3) is 0 Å². The summed E-state index contributed by atoms with van der Waals surface area (Å²) in [7, 11) is 0. The number of aryl methyl sites for hydroxylation is 1. The van der Waals surface area contributed by atoms with Crippen molar-refractivity contribution in [2.45, 2.75) is 43.9 Å². The van der Waals surface area contributed by atoms with Crippen molar-refractivity contribution in [2.75, 3.05) is 6.61 Å². The Kier molecular flexibility index (Phi) is 5.67. The van der Waals surface area contributed by atoms with Gasteiger partial charge in [0.15, 0.2) is 0 Å². The molecule has 1 aromatic rings. The van der Waals surface area contributed by atoms with E-state index < -0.39 is 37.1 Å². The average molecular weight is 394 g/mol. The van der Waals surface area contributed by atoms with Crippen LogP contribution in [0.4, 0.5) is 0 Å². The van der Waals surface area contributed by atoms with E-state index in [1.807, 2.05) is 43.3 Å². The molecule has 0 amide bonds. The number of ether oxygens (including phenoxy) is 1. The molecule has 152 valence electrons. The molecule has 0 spiro atoms. The maximum Gasteiger partial charge on any atom is 0.113 e. The number of fused-ring (bicyclic) bond motifs is 1. The fourth-order valence-corrected chi connectivity index (χ4v) is 4.08. The van der Waals surface area contributed by atoms with E-state index in [4.69, 9.17) is 4.74 Å². The van der Waals surface area contributed by atoms with E-state index >= 15 is 0 Å². The van der Waals surface area contributed by atoms with Gasteiger partial charge >= 0.3 is 0 Å². The first-order valence-corrected chi connectivity index (χ1v) is 9.85. The van der Waals surface area contributed by atoms with Crippen molar-refractivity contribution >= 4 is 0 Å². The Hall–Kier alpha value is -2.28. The number of hydrogen-bond donors (Lipinski definition) is 4. The maximum atomic E-state index is 10.5. The summed E-state index contributed by atoms with van der Waals surface area (Å²) in [6, 6.07) is 20.6. The molecule has 5 heteroatoms. The Morgan fingerprint density at radius 3 is 2.14 bits per heavy atom. The van der Waals surface area contributed by atoms with E-state index in [9.17, 15) is 20.4 Å². The summed E-state index contributed by atoms with van der Waals surface area (Å²) in [6.45, 7) is 1.48. The molecular formula is C24H26O5. The van der Waals surface area contributed by atoms with Gasteiger partial charge in [-0.05, 0) is 46.7 Å². The van der Waals surface area contributed by atoms with Crippen LogP contribution in [-0.4, -0.2) is 51.4 Å². The number of aliphatic hydroxyl groups excluding tert-OH is 4. The van der Waals surface area contributed by atoms with Crippen LogP contribution < -0.4 is 0 Å². The highest BCUT2D eigenvalue weighted by Crippen LogP contribution is 2.35. The fraction of sp³-hybridized carbons (Fsp3) is 0.333. The van der Waals surface area contributed by atoms with Crippen LogP contribution in [-0.2, 0) is 11.2 Å². The number of hydrogen-bond acceptors (Lipinski definition) is 5. The molecule has 1 aromatic carbocycles. The van der Waals surface area contributed by atoms with Gasteiger partial charge in [-0.1, -0.05) is 60.7 Å². The van der Waals surface area contributed by atoms with Crippen molar-refractivity contribution in [1.82, 2.24) is 0 Å². The molecule has 2 aliphatic carbocycles. The van der Waals surface area contributed by atoms with Crippen LogP contribution >= 0.6 is 0 Å². The van der Waals surface area contributed by atoms with Gasteiger partial charge in [0.05, 0.1) is 6.61 Å². The van der Waals surface area contributed by atoms with E-state index in [1.165, 1.54) is 16.7 Å². The van der Waals surface area contributed by atoms with Gasteiger partial charge in [0, 0.05) is 0 Å². The molecule has 1 fully saturated rings. The zero-order chi connectivity index (χ0) is 20.5. The van der Waals surface area contributed by atoms with Crippen LogP contribution in [0.5, 0.6) is 0 Å². The van der Waals surface area contributed by atoms with Gasteiger partial charge < -0.3 is 25.2 Å². The second kappa shape index (κ2) is 8.22. The minimum Gasteiger partial charge on any atom is -0.394 e. The average Bonchev–Trinajstić information content (AvgIpc) is 2.96. The third-order valence-electron chi connectivity index (χ3n) is 5.74. The smallest absolute Gasteiger partial charge is 0.113 e. The molecule has 0 aromatic heterocycles. The van der Waals surface area contributed by atoms with Crippen molar-refractivity contribution in [1.29, 1.82) is 0 Å². The van der Waals surface area contributed by atoms with Gasteiger partial charge in [-0.3, -0.25) is 0 Å². The van der Waals surface area contributed by atoms with Gasteiger partial charge in [0.1, 0.15) is 30.5 Å². The molecule has 4 N–H and O–H groups in total. The van der Waals surface area contributed by atoms with Gasteiger partial charge in [0.2, 0.25) is 0 Å². The Morgan fingerprint density at radius 2 is 1.48 bits per heavy atom. The van der Waals surface area contributed by atoms with E-state index in [2.05, 4.69) is 24.3 Å². The van der Waals surface area contributed by atoms with Gasteiger partial charge in [-0.25, -0.2) is 0 Å². The fourth-order valence-electron chi connectivity index (χ4n) is 4.08. The summed E-state index contributed by atoms with van der Waals surface area (Å²) in [5, 5.41) is 40.1. The SMILES string of the molecule is Cc1ccc(Cc2cc3cccccc-3c2)cc1[C@@H]1O[C@H](CO)[C@@H](O)[C@H](O)[C@H]1O. The number of benzene rings is 1. The molecule has 1 aliphatic heterocycles.